The van der Waals surface area contributed by atoms with Gasteiger partial charge in [0, 0.05) is 5.02 Å². The summed E-state index contributed by atoms with van der Waals surface area (Å²) >= 11 is 5.84. The van der Waals surface area contributed by atoms with E-state index in [0.717, 1.165) is 10.5 Å². The van der Waals surface area contributed by atoms with Crippen molar-refractivity contribution in [3.63, 3.8) is 0 Å². The third-order valence-electron chi connectivity index (χ3n) is 4.81. The number of amides is 3. The number of aliphatic hydroxyl groups is 1. The highest BCUT2D eigenvalue weighted by atomic mass is 35.5. The molecule has 1 aliphatic rings. The normalized spacial score (nSPS) is 19.9. The highest BCUT2D eigenvalue weighted by molar-refractivity contribution is 6.30. The van der Waals surface area contributed by atoms with E-state index in [0.29, 0.717) is 16.3 Å². The number of β-amino-alcohol motifs (C(OH)–C–C–N with tert-alkyl or cyclic N) is 1. The summed E-state index contributed by atoms with van der Waals surface area (Å²) < 4.78 is 10.7. The van der Waals surface area contributed by atoms with Gasteiger partial charge < -0.3 is 19.9 Å². The maximum absolute atomic E-state index is 12.9. The van der Waals surface area contributed by atoms with Crippen LogP contribution in [-0.2, 0) is 21.7 Å². The van der Waals surface area contributed by atoms with E-state index in [1.54, 1.807) is 43.3 Å². The van der Waals surface area contributed by atoms with E-state index in [-0.39, 0.29) is 19.8 Å². The number of hydrogen-bond acceptors (Lipinski definition) is 5. The summed E-state index contributed by atoms with van der Waals surface area (Å²) in [6.45, 7) is 1.74. The fourth-order valence-corrected chi connectivity index (χ4v) is 3.28. The molecule has 2 atom stereocenters. The van der Waals surface area contributed by atoms with Crippen molar-refractivity contribution in [3.05, 3.63) is 64.7 Å². The number of halogens is 1. The van der Waals surface area contributed by atoms with E-state index < -0.39 is 23.6 Å². The maximum Gasteiger partial charge on any atom is 0.325 e. The number of carbonyl (C=O) groups is 2. The molecule has 0 radical (unpaired) electrons. The molecule has 0 bridgehead atoms. The van der Waals surface area contributed by atoms with Crippen molar-refractivity contribution in [3.8, 4) is 5.75 Å². The van der Waals surface area contributed by atoms with Crippen molar-refractivity contribution in [2.75, 3.05) is 20.3 Å². The van der Waals surface area contributed by atoms with Gasteiger partial charge in [0.15, 0.2) is 0 Å². The molecule has 0 aliphatic carbocycles. The zero-order valence-corrected chi connectivity index (χ0v) is 17.0. The fourth-order valence-electron chi connectivity index (χ4n) is 3.15. The van der Waals surface area contributed by atoms with Gasteiger partial charge in [-0.3, -0.25) is 9.69 Å². The molecule has 1 heterocycles. The lowest BCUT2D eigenvalue weighted by molar-refractivity contribution is -0.132. The number of nitrogens with zero attached hydrogens (tertiary/aromatic N) is 1. The molecule has 0 saturated carbocycles. The summed E-state index contributed by atoms with van der Waals surface area (Å²) in [6, 6.07) is 13.6. The second kappa shape index (κ2) is 8.82. The standard InChI is InChI=1S/C21H23ClN2O5/c1-21(15-4-3-5-18(10-15)28-2)19(26)24(20(27)23-21)11-17(25)13-29-12-14-6-8-16(22)9-7-14/h3-10,17,25H,11-13H2,1-2H3,(H,23,27)/t17-,21-/m1/s1. The van der Waals surface area contributed by atoms with Gasteiger partial charge in [0.1, 0.15) is 11.3 Å². The molecule has 3 amide bonds. The van der Waals surface area contributed by atoms with E-state index in [1.165, 1.54) is 7.11 Å². The van der Waals surface area contributed by atoms with Crippen LogP contribution in [0.1, 0.15) is 18.1 Å². The van der Waals surface area contributed by atoms with Crippen LogP contribution in [0.15, 0.2) is 48.5 Å². The molecule has 29 heavy (non-hydrogen) atoms. The Labute approximate surface area is 174 Å². The number of benzene rings is 2. The summed E-state index contributed by atoms with van der Waals surface area (Å²) in [4.78, 5) is 26.3. The molecule has 8 heteroatoms. The summed E-state index contributed by atoms with van der Waals surface area (Å²) in [5.74, 6) is 0.146. The Bertz CT molecular complexity index is 889. The van der Waals surface area contributed by atoms with Gasteiger partial charge in [-0.15, -0.1) is 0 Å². The number of nitrogens with one attached hydrogen (secondary N) is 1. The Hall–Kier alpha value is -2.61. The van der Waals surface area contributed by atoms with Crippen LogP contribution in [0.25, 0.3) is 0 Å². The second-order valence-electron chi connectivity index (χ2n) is 7.00. The molecule has 1 fully saturated rings. The van der Waals surface area contributed by atoms with Crippen LogP contribution >= 0.6 is 11.6 Å². The van der Waals surface area contributed by atoms with Crippen LogP contribution < -0.4 is 10.1 Å². The highest BCUT2D eigenvalue weighted by Crippen LogP contribution is 2.31. The molecule has 2 N–H and O–H groups in total. The van der Waals surface area contributed by atoms with Crippen LogP contribution in [-0.4, -0.2) is 48.3 Å². The third-order valence-corrected chi connectivity index (χ3v) is 5.06. The van der Waals surface area contributed by atoms with Crippen molar-refractivity contribution < 1.29 is 24.2 Å². The molecular weight excluding hydrogens is 396 g/mol. The van der Waals surface area contributed by atoms with Crippen molar-refractivity contribution in [1.29, 1.82) is 0 Å². The van der Waals surface area contributed by atoms with E-state index in [9.17, 15) is 14.7 Å². The molecule has 7 nitrogen and oxygen atoms in total. The number of aliphatic hydroxyl groups excluding tert-OH is 1. The topological polar surface area (TPSA) is 88.1 Å². The molecule has 1 saturated heterocycles. The van der Waals surface area contributed by atoms with Crippen molar-refractivity contribution in [2.24, 2.45) is 0 Å². The summed E-state index contributed by atoms with van der Waals surface area (Å²) in [6.07, 6.45) is -1.01. The second-order valence-corrected chi connectivity index (χ2v) is 7.43. The van der Waals surface area contributed by atoms with Crippen molar-refractivity contribution in [1.82, 2.24) is 10.2 Å². The monoisotopic (exact) mass is 418 g/mol. The molecule has 3 rings (SSSR count). The average Bonchev–Trinajstić information content (AvgIpc) is 2.93. The summed E-state index contributed by atoms with van der Waals surface area (Å²) in [5, 5.41) is 13.6. The Morgan fingerprint density at radius 2 is 1.93 bits per heavy atom. The van der Waals surface area contributed by atoms with Crippen LogP contribution in [0.4, 0.5) is 4.79 Å². The lowest BCUT2D eigenvalue weighted by atomic mass is 9.92. The van der Waals surface area contributed by atoms with Gasteiger partial charge in [0.05, 0.1) is 33.0 Å². The number of hydrogen-bond donors (Lipinski definition) is 2. The molecule has 2 aromatic rings. The predicted molar refractivity (Wildman–Crippen MR) is 108 cm³/mol. The lowest BCUT2D eigenvalue weighted by Gasteiger charge is -2.23. The fraction of sp³-hybridized carbons (Fsp3) is 0.333. The Morgan fingerprint density at radius 3 is 2.62 bits per heavy atom. The Kier molecular flexibility index (Phi) is 6.42. The first kappa shape index (κ1) is 21.1. The van der Waals surface area contributed by atoms with Gasteiger partial charge in [-0.2, -0.15) is 0 Å². The van der Waals surface area contributed by atoms with Crippen LogP contribution in [0.3, 0.4) is 0 Å². The van der Waals surface area contributed by atoms with Crippen molar-refractivity contribution >= 4 is 23.5 Å². The smallest absolute Gasteiger partial charge is 0.325 e. The summed E-state index contributed by atoms with van der Waals surface area (Å²) in [7, 11) is 1.53. The van der Waals surface area contributed by atoms with E-state index in [4.69, 9.17) is 21.1 Å². The number of urea groups is 1. The number of ether oxygens (including phenoxy) is 2. The molecule has 0 unspecified atom stereocenters. The van der Waals surface area contributed by atoms with Crippen LogP contribution in [0, 0.1) is 0 Å². The molecule has 2 aromatic carbocycles. The predicted octanol–water partition coefficient (Wildman–Crippen LogP) is 2.69. The largest absolute Gasteiger partial charge is 0.497 e. The first-order valence-corrected chi connectivity index (χ1v) is 9.50. The van der Waals surface area contributed by atoms with Crippen LogP contribution in [0.5, 0.6) is 5.75 Å². The van der Waals surface area contributed by atoms with E-state index >= 15 is 0 Å². The number of methoxy groups -OCH3 is 1. The minimum atomic E-state index is -1.23. The molecule has 0 spiro atoms. The Morgan fingerprint density at radius 1 is 1.21 bits per heavy atom. The molecule has 154 valence electrons. The van der Waals surface area contributed by atoms with Gasteiger partial charge in [0.25, 0.3) is 5.91 Å². The number of imide groups is 1. The minimum absolute atomic E-state index is 0.0183. The molecule has 0 aromatic heterocycles. The quantitative estimate of drug-likeness (QED) is 0.643. The van der Waals surface area contributed by atoms with Gasteiger partial charge in [-0.1, -0.05) is 35.9 Å². The zero-order valence-electron chi connectivity index (χ0n) is 16.2. The number of carbonyl (C=O) groups excluding carboxylic acids is 2. The Balaban J connectivity index is 1.59. The van der Waals surface area contributed by atoms with Gasteiger partial charge in [-0.05, 0) is 42.3 Å². The van der Waals surface area contributed by atoms with Crippen LogP contribution in [0.2, 0.25) is 5.02 Å². The molecular formula is C21H23ClN2O5. The SMILES string of the molecule is COc1cccc([C@@]2(C)NC(=O)N(C[C@@H](O)COCc3ccc(Cl)cc3)C2=O)c1. The molecule has 1 aliphatic heterocycles. The van der Waals surface area contributed by atoms with E-state index in [1.807, 2.05) is 12.1 Å². The highest BCUT2D eigenvalue weighted by Gasteiger charge is 2.49. The summed E-state index contributed by atoms with van der Waals surface area (Å²) in [5.41, 5.74) is 0.281. The average molecular weight is 419 g/mol. The zero-order chi connectivity index (χ0) is 21.0. The lowest BCUT2D eigenvalue weighted by Crippen LogP contribution is -2.42. The number of rotatable bonds is 8. The first-order valence-electron chi connectivity index (χ1n) is 9.12. The first-order chi connectivity index (χ1) is 13.8. The van der Waals surface area contributed by atoms with E-state index in [2.05, 4.69) is 5.32 Å². The third kappa shape index (κ3) is 4.70. The van der Waals surface area contributed by atoms with Gasteiger partial charge in [0.2, 0.25) is 0 Å². The van der Waals surface area contributed by atoms with Gasteiger partial charge in [-0.25, -0.2) is 4.79 Å². The van der Waals surface area contributed by atoms with Gasteiger partial charge >= 0.3 is 6.03 Å². The van der Waals surface area contributed by atoms with Crippen molar-refractivity contribution in [2.45, 2.75) is 25.2 Å². The minimum Gasteiger partial charge on any atom is -0.497 e. The maximum atomic E-state index is 12.9.